The molecule has 3 aromatic rings. The van der Waals surface area contributed by atoms with Gasteiger partial charge in [-0.2, -0.15) is 5.10 Å². The van der Waals surface area contributed by atoms with Gasteiger partial charge in [-0.05, 0) is 36.4 Å². The molecule has 1 aliphatic heterocycles. The molecule has 3 heterocycles. The average Bonchev–Trinajstić information content (AvgIpc) is 3.30. The molecule has 0 atom stereocenters. The molecule has 0 N–H and O–H groups in total. The molecule has 4 rings (SSSR count). The fraction of sp³-hybridized carbons (Fsp3) is 0.300. The summed E-state index contributed by atoms with van der Waals surface area (Å²) in [5, 5.41) is 8.37. The molecule has 150 valence electrons. The zero-order chi connectivity index (χ0) is 20.2. The fourth-order valence-corrected chi connectivity index (χ4v) is 3.31. The van der Waals surface area contributed by atoms with Crippen LogP contribution in [-0.4, -0.2) is 63.7 Å². The predicted octanol–water partition coefficient (Wildman–Crippen LogP) is 0.786. The Morgan fingerprint density at radius 3 is 2.48 bits per heavy atom. The van der Waals surface area contributed by atoms with Gasteiger partial charge >= 0.3 is 0 Å². The van der Waals surface area contributed by atoms with Gasteiger partial charge < -0.3 is 14.5 Å². The number of ether oxygens (including phenoxy) is 1. The molecular formula is C20H22N6O3. The Hall–Kier alpha value is -3.62. The number of benzene rings is 1. The van der Waals surface area contributed by atoms with E-state index in [1.807, 2.05) is 24.3 Å². The minimum absolute atomic E-state index is 0.0868. The minimum atomic E-state index is -0.314. The van der Waals surface area contributed by atoms with Crippen molar-refractivity contribution in [1.29, 1.82) is 0 Å². The Morgan fingerprint density at radius 1 is 1.07 bits per heavy atom. The van der Waals surface area contributed by atoms with Crippen molar-refractivity contribution in [2.45, 2.75) is 6.54 Å². The second kappa shape index (κ2) is 8.17. The predicted molar refractivity (Wildman–Crippen MR) is 107 cm³/mol. The molecule has 1 fully saturated rings. The van der Waals surface area contributed by atoms with Gasteiger partial charge in [-0.15, -0.1) is 5.10 Å². The van der Waals surface area contributed by atoms with Crippen LogP contribution in [0.3, 0.4) is 0 Å². The first kappa shape index (κ1) is 18.7. The Kier molecular flexibility index (Phi) is 5.28. The third-order valence-electron chi connectivity index (χ3n) is 4.95. The van der Waals surface area contributed by atoms with E-state index in [1.165, 1.54) is 10.7 Å². The Labute approximate surface area is 167 Å². The lowest BCUT2D eigenvalue weighted by Gasteiger charge is -2.36. The second-order valence-electron chi connectivity index (χ2n) is 6.70. The molecule has 0 bridgehead atoms. The Bertz CT molecular complexity index is 1020. The standard InChI is InChI=1S/C20H22N6O3/c1-29-17-5-3-16(4-6-17)23-11-13-24(14-12-23)20(28)15-26-19(27)8-7-18(22-26)25-10-2-9-21-25/h2-10H,11-15H2,1H3. The third kappa shape index (κ3) is 4.13. The summed E-state index contributed by atoms with van der Waals surface area (Å²) < 4.78 is 7.93. The van der Waals surface area contributed by atoms with Crippen molar-refractivity contribution >= 4 is 11.6 Å². The fourth-order valence-electron chi connectivity index (χ4n) is 3.31. The van der Waals surface area contributed by atoms with Crippen LogP contribution in [0.5, 0.6) is 5.75 Å². The molecule has 0 aliphatic carbocycles. The molecule has 0 saturated carbocycles. The normalized spacial score (nSPS) is 14.1. The number of carbonyl (C=O) groups is 1. The monoisotopic (exact) mass is 394 g/mol. The van der Waals surface area contributed by atoms with Gasteiger partial charge in [0.05, 0.1) is 7.11 Å². The summed E-state index contributed by atoms with van der Waals surface area (Å²) in [6.45, 7) is 2.56. The number of nitrogens with zero attached hydrogens (tertiary/aromatic N) is 6. The van der Waals surface area contributed by atoms with Crippen LogP contribution in [0.4, 0.5) is 5.69 Å². The lowest BCUT2D eigenvalue weighted by molar-refractivity contribution is -0.132. The third-order valence-corrected chi connectivity index (χ3v) is 4.95. The first-order chi connectivity index (χ1) is 14.1. The van der Waals surface area contributed by atoms with Crippen molar-refractivity contribution < 1.29 is 9.53 Å². The number of aromatic nitrogens is 4. The van der Waals surface area contributed by atoms with Crippen LogP contribution in [0, 0.1) is 0 Å². The molecule has 9 nitrogen and oxygen atoms in total. The van der Waals surface area contributed by atoms with Crippen LogP contribution in [0.15, 0.2) is 59.7 Å². The van der Waals surface area contributed by atoms with E-state index in [1.54, 1.807) is 41.2 Å². The first-order valence-electron chi connectivity index (χ1n) is 9.39. The summed E-state index contributed by atoms with van der Waals surface area (Å²) in [4.78, 5) is 28.8. The minimum Gasteiger partial charge on any atom is -0.497 e. The molecule has 29 heavy (non-hydrogen) atoms. The summed E-state index contributed by atoms with van der Waals surface area (Å²) >= 11 is 0. The van der Waals surface area contributed by atoms with Gasteiger partial charge in [0, 0.05) is 50.3 Å². The SMILES string of the molecule is COc1ccc(N2CCN(C(=O)Cn3nc(-n4cccn4)ccc3=O)CC2)cc1. The number of anilines is 1. The highest BCUT2D eigenvalue weighted by Crippen LogP contribution is 2.20. The van der Waals surface area contributed by atoms with E-state index in [-0.39, 0.29) is 18.0 Å². The highest BCUT2D eigenvalue weighted by molar-refractivity contribution is 5.76. The van der Waals surface area contributed by atoms with Crippen molar-refractivity contribution in [2.24, 2.45) is 0 Å². The van der Waals surface area contributed by atoms with Crippen LogP contribution in [-0.2, 0) is 11.3 Å². The summed E-state index contributed by atoms with van der Waals surface area (Å²) in [6.07, 6.45) is 3.36. The van der Waals surface area contributed by atoms with Crippen LogP contribution in [0.1, 0.15) is 0 Å². The lowest BCUT2D eigenvalue weighted by Crippen LogP contribution is -2.50. The van der Waals surface area contributed by atoms with Crippen molar-refractivity contribution in [2.75, 3.05) is 38.2 Å². The molecule has 1 aliphatic rings. The van der Waals surface area contributed by atoms with Gasteiger partial charge in [0.2, 0.25) is 5.91 Å². The molecule has 0 spiro atoms. The van der Waals surface area contributed by atoms with Gasteiger partial charge in [-0.3, -0.25) is 9.59 Å². The van der Waals surface area contributed by atoms with E-state index >= 15 is 0 Å². The van der Waals surface area contributed by atoms with Crippen LogP contribution in [0.25, 0.3) is 5.82 Å². The van der Waals surface area contributed by atoms with Gasteiger partial charge in [-0.25, -0.2) is 9.36 Å². The number of hydrogen-bond donors (Lipinski definition) is 0. The Morgan fingerprint density at radius 2 is 1.83 bits per heavy atom. The molecule has 9 heteroatoms. The lowest BCUT2D eigenvalue weighted by atomic mass is 10.2. The number of piperazine rings is 1. The molecule has 0 radical (unpaired) electrons. The molecule has 2 aromatic heterocycles. The second-order valence-corrected chi connectivity index (χ2v) is 6.70. The van der Waals surface area contributed by atoms with Crippen LogP contribution < -0.4 is 15.2 Å². The van der Waals surface area contributed by atoms with E-state index in [0.29, 0.717) is 18.9 Å². The summed E-state index contributed by atoms with van der Waals surface area (Å²) in [5.74, 6) is 1.19. The van der Waals surface area contributed by atoms with Crippen molar-refractivity contribution in [1.82, 2.24) is 24.5 Å². The van der Waals surface area contributed by atoms with Gasteiger partial charge in [0.15, 0.2) is 5.82 Å². The number of amides is 1. The molecule has 1 saturated heterocycles. The van der Waals surface area contributed by atoms with Gasteiger partial charge in [0.25, 0.3) is 5.56 Å². The summed E-state index contributed by atoms with van der Waals surface area (Å²) in [5.41, 5.74) is 0.786. The maximum Gasteiger partial charge on any atom is 0.267 e. The van der Waals surface area contributed by atoms with Crippen molar-refractivity contribution in [3.8, 4) is 11.6 Å². The van der Waals surface area contributed by atoms with E-state index in [9.17, 15) is 9.59 Å². The molecular weight excluding hydrogens is 372 g/mol. The van der Waals surface area contributed by atoms with Crippen LogP contribution in [0.2, 0.25) is 0 Å². The summed E-state index contributed by atoms with van der Waals surface area (Å²) in [7, 11) is 1.64. The number of hydrogen-bond acceptors (Lipinski definition) is 6. The van der Waals surface area contributed by atoms with E-state index in [4.69, 9.17) is 4.74 Å². The topological polar surface area (TPSA) is 85.5 Å². The zero-order valence-corrected chi connectivity index (χ0v) is 16.1. The van der Waals surface area contributed by atoms with Crippen molar-refractivity contribution in [3.63, 3.8) is 0 Å². The highest BCUT2D eigenvalue weighted by Gasteiger charge is 2.22. The molecule has 1 amide bonds. The Balaban J connectivity index is 1.39. The zero-order valence-electron chi connectivity index (χ0n) is 16.1. The maximum atomic E-state index is 12.7. The number of rotatable bonds is 5. The van der Waals surface area contributed by atoms with E-state index < -0.39 is 0 Å². The molecule has 1 aromatic carbocycles. The smallest absolute Gasteiger partial charge is 0.267 e. The molecule has 0 unspecified atom stereocenters. The largest absolute Gasteiger partial charge is 0.497 e. The number of methoxy groups -OCH3 is 1. The van der Waals surface area contributed by atoms with E-state index in [0.717, 1.165) is 24.5 Å². The quantitative estimate of drug-likeness (QED) is 0.636. The van der Waals surface area contributed by atoms with Crippen LogP contribution >= 0.6 is 0 Å². The van der Waals surface area contributed by atoms with Gasteiger partial charge in [-0.1, -0.05) is 0 Å². The highest BCUT2D eigenvalue weighted by atomic mass is 16.5. The first-order valence-corrected chi connectivity index (χ1v) is 9.39. The number of carbonyl (C=O) groups excluding carboxylic acids is 1. The van der Waals surface area contributed by atoms with Crippen molar-refractivity contribution in [3.05, 3.63) is 65.2 Å². The van der Waals surface area contributed by atoms with E-state index in [2.05, 4.69) is 15.1 Å². The van der Waals surface area contributed by atoms with Gasteiger partial charge in [0.1, 0.15) is 12.3 Å². The maximum absolute atomic E-state index is 12.7. The summed E-state index contributed by atoms with van der Waals surface area (Å²) in [6, 6.07) is 12.6. The average molecular weight is 394 g/mol.